The van der Waals surface area contributed by atoms with Crippen LogP contribution in [0.2, 0.25) is 0 Å². The molecule has 0 radical (unpaired) electrons. The topological polar surface area (TPSA) is 69.7 Å². The summed E-state index contributed by atoms with van der Waals surface area (Å²) in [5.41, 5.74) is 6.92. The van der Waals surface area contributed by atoms with Crippen molar-refractivity contribution in [3.63, 3.8) is 0 Å². The molecule has 0 atom stereocenters. The molecule has 1 N–H and O–H groups in total. The molecule has 1 aliphatic heterocycles. The molecule has 154 valence electrons. The second kappa shape index (κ2) is 7.70. The minimum atomic E-state index is -0.486. The third-order valence-electron chi connectivity index (χ3n) is 5.72. The maximum absolute atomic E-state index is 12.5. The van der Waals surface area contributed by atoms with Crippen molar-refractivity contribution >= 4 is 28.8 Å². The lowest BCUT2D eigenvalue weighted by molar-refractivity contribution is -0.0409. The van der Waals surface area contributed by atoms with Crippen LogP contribution in [0.5, 0.6) is 0 Å². The number of nitrogens with zero attached hydrogens (tertiary/aromatic N) is 1. The van der Waals surface area contributed by atoms with Crippen LogP contribution in [-0.2, 0) is 39.9 Å². The average Bonchev–Trinajstić information content (AvgIpc) is 3.46. The number of carbonyl (C=O) groups is 1. The number of hydrogen-bond donors (Lipinski definition) is 1. The number of fused-ring (bicyclic) bond motifs is 2. The average molecular weight is 415 g/mol. The van der Waals surface area contributed by atoms with E-state index in [0.29, 0.717) is 24.0 Å². The van der Waals surface area contributed by atoms with Crippen LogP contribution in [-0.4, -0.2) is 30.3 Å². The minimum Gasteiger partial charge on any atom is -0.458 e. The van der Waals surface area contributed by atoms with Crippen LogP contribution in [0.1, 0.15) is 69.9 Å². The summed E-state index contributed by atoms with van der Waals surface area (Å²) in [6.07, 6.45) is 6.16. The first-order valence-electron chi connectivity index (χ1n) is 10.5. The summed E-state index contributed by atoms with van der Waals surface area (Å²) in [5.74, 6) is 0.257. The second-order valence-corrected chi connectivity index (χ2v) is 9.15. The van der Waals surface area contributed by atoms with Crippen LogP contribution >= 0.6 is 11.3 Å². The van der Waals surface area contributed by atoms with Gasteiger partial charge in [0.2, 0.25) is 5.01 Å². The Labute approximate surface area is 174 Å². The van der Waals surface area contributed by atoms with Gasteiger partial charge in [-0.15, -0.1) is 11.3 Å². The van der Waals surface area contributed by atoms with Crippen LogP contribution < -0.4 is 5.32 Å². The molecule has 1 fully saturated rings. The summed E-state index contributed by atoms with van der Waals surface area (Å²) < 4.78 is 16.8. The molecule has 5 rings (SSSR count). The van der Waals surface area contributed by atoms with Gasteiger partial charge in [0.1, 0.15) is 4.88 Å². The van der Waals surface area contributed by atoms with E-state index in [4.69, 9.17) is 14.2 Å². The number of aromatic nitrogens is 1. The van der Waals surface area contributed by atoms with Gasteiger partial charge in [0.15, 0.2) is 12.1 Å². The zero-order valence-corrected chi connectivity index (χ0v) is 17.7. The van der Waals surface area contributed by atoms with Crippen molar-refractivity contribution in [1.82, 2.24) is 4.98 Å². The number of rotatable bonds is 5. The molecule has 2 aromatic rings. The zero-order valence-electron chi connectivity index (χ0n) is 16.9. The van der Waals surface area contributed by atoms with Crippen LogP contribution in [0.15, 0.2) is 6.07 Å². The number of ether oxygens (including phenoxy) is 3. The van der Waals surface area contributed by atoms with E-state index in [1.165, 1.54) is 52.1 Å². The maximum Gasteiger partial charge on any atom is 0.367 e. The largest absolute Gasteiger partial charge is 0.458 e. The van der Waals surface area contributed by atoms with Crippen molar-refractivity contribution in [3.8, 4) is 0 Å². The second-order valence-electron chi connectivity index (χ2n) is 8.12. The summed E-state index contributed by atoms with van der Waals surface area (Å²) in [5, 5.41) is 3.94. The Morgan fingerprint density at radius 2 is 1.79 bits per heavy atom. The molecule has 1 saturated heterocycles. The molecule has 0 saturated carbocycles. The number of hydrogen-bond acceptors (Lipinski definition) is 7. The van der Waals surface area contributed by atoms with E-state index < -0.39 is 12.3 Å². The summed E-state index contributed by atoms with van der Waals surface area (Å²) in [6.45, 7) is 4.77. The Kier molecular flexibility index (Phi) is 5.05. The van der Waals surface area contributed by atoms with Gasteiger partial charge in [-0.05, 0) is 74.6 Å². The zero-order chi connectivity index (χ0) is 20.0. The molecule has 2 heterocycles. The van der Waals surface area contributed by atoms with Crippen molar-refractivity contribution in [3.05, 3.63) is 38.2 Å². The van der Waals surface area contributed by atoms with Crippen LogP contribution in [0.25, 0.3) is 0 Å². The summed E-state index contributed by atoms with van der Waals surface area (Å²) >= 11 is 1.29. The van der Waals surface area contributed by atoms with E-state index in [1.54, 1.807) is 0 Å². The van der Waals surface area contributed by atoms with Gasteiger partial charge in [0.05, 0.1) is 19.3 Å². The highest BCUT2D eigenvalue weighted by Gasteiger charge is 2.30. The summed E-state index contributed by atoms with van der Waals surface area (Å²) in [7, 11) is 0. The monoisotopic (exact) mass is 414 g/mol. The highest BCUT2D eigenvalue weighted by Crippen LogP contribution is 2.42. The molecule has 6 nitrogen and oxygen atoms in total. The molecule has 0 unspecified atom stereocenters. The lowest BCUT2D eigenvalue weighted by Gasteiger charge is -2.17. The van der Waals surface area contributed by atoms with E-state index in [0.717, 1.165) is 30.6 Å². The van der Waals surface area contributed by atoms with E-state index in [1.807, 2.05) is 13.8 Å². The Hall–Kier alpha value is -1.96. The molecule has 7 heteroatoms. The number of esters is 1. The Balaban J connectivity index is 1.54. The summed E-state index contributed by atoms with van der Waals surface area (Å²) in [4.78, 5) is 17.9. The molecule has 1 aromatic carbocycles. The first-order chi connectivity index (χ1) is 14.1. The van der Waals surface area contributed by atoms with Gasteiger partial charge in [-0.2, -0.15) is 0 Å². The minimum absolute atomic E-state index is 0.189. The van der Waals surface area contributed by atoms with Crippen molar-refractivity contribution in [2.75, 3.05) is 18.5 Å². The van der Waals surface area contributed by atoms with Crippen molar-refractivity contribution in [2.24, 2.45) is 0 Å². The molecule has 0 spiro atoms. The third-order valence-corrected chi connectivity index (χ3v) is 6.78. The van der Waals surface area contributed by atoms with Crippen molar-refractivity contribution < 1.29 is 19.0 Å². The highest BCUT2D eigenvalue weighted by atomic mass is 32.1. The van der Waals surface area contributed by atoms with E-state index in [2.05, 4.69) is 16.4 Å². The fourth-order valence-electron chi connectivity index (χ4n) is 4.53. The normalized spacial score (nSPS) is 18.3. The van der Waals surface area contributed by atoms with Crippen molar-refractivity contribution in [1.29, 1.82) is 0 Å². The highest BCUT2D eigenvalue weighted by molar-refractivity contribution is 7.14. The number of nitrogens with one attached hydrogen (secondary N) is 1. The Morgan fingerprint density at radius 1 is 1.14 bits per heavy atom. The Morgan fingerprint density at radius 3 is 2.41 bits per heavy atom. The first-order valence-corrected chi connectivity index (χ1v) is 11.3. The molecule has 29 heavy (non-hydrogen) atoms. The first kappa shape index (κ1) is 19.0. The number of aryl methyl sites for hydroxylation is 2. The molecule has 1 aromatic heterocycles. The number of carbonyl (C=O) groups excluding carboxylic acids is 1. The van der Waals surface area contributed by atoms with Gasteiger partial charge in [0.25, 0.3) is 0 Å². The van der Waals surface area contributed by atoms with Crippen LogP contribution in [0.4, 0.5) is 11.5 Å². The fourth-order valence-corrected chi connectivity index (χ4v) is 5.43. The van der Waals surface area contributed by atoms with Crippen LogP contribution in [0.3, 0.4) is 0 Å². The van der Waals surface area contributed by atoms with Gasteiger partial charge >= 0.3 is 5.97 Å². The van der Waals surface area contributed by atoms with E-state index in [-0.39, 0.29) is 6.10 Å². The van der Waals surface area contributed by atoms with Crippen LogP contribution in [0, 0.1) is 0 Å². The van der Waals surface area contributed by atoms with Gasteiger partial charge in [-0.3, -0.25) is 0 Å². The number of thiazole rings is 1. The standard InChI is InChI=1S/C22H26N2O4S/c1-12(2)28-21(25)20-24-19(18(29-20)22-26-9-10-27-22)23-17-15-7-3-5-13(15)11-14-6-4-8-16(14)17/h11-12,22-23H,3-10H2,1-2H3. The predicted octanol–water partition coefficient (Wildman–Crippen LogP) is 4.47. The molecular weight excluding hydrogens is 388 g/mol. The fraction of sp³-hybridized carbons (Fsp3) is 0.545. The lowest BCUT2D eigenvalue weighted by Crippen LogP contribution is -2.11. The molecule has 2 aliphatic carbocycles. The van der Waals surface area contributed by atoms with Gasteiger partial charge in [0, 0.05) is 5.69 Å². The molecular formula is C22H26N2O4S. The predicted molar refractivity (Wildman–Crippen MR) is 111 cm³/mol. The van der Waals surface area contributed by atoms with Gasteiger partial charge < -0.3 is 19.5 Å². The number of anilines is 2. The SMILES string of the molecule is CC(C)OC(=O)c1nc(Nc2c3c(cc4c2CCC4)CCC3)c(C2OCCO2)s1. The molecule has 0 bridgehead atoms. The lowest BCUT2D eigenvalue weighted by atomic mass is 9.98. The smallest absolute Gasteiger partial charge is 0.367 e. The Bertz CT molecular complexity index is 915. The van der Waals surface area contributed by atoms with Crippen molar-refractivity contribution in [2.45, 2.75) is 64.8 Å². The van der Waals surface area contributed by atoms with Gasteiger partial charge in [-0.25, -0.2) is 9.78 Å². The third kappa shape index (κ3) is 3.56. The molecule has 3 aliphatic rings. The maximum atomic E-state index is 12.5. The van der Waals surface area contributed by atoms with Gasteiger partial charge in [-0.1, -0.05) is 6.07 Å². The van der Waals surface area contributed by atoms with E-state index >= 15 is 0 Å². The van der Waals surface area contributed by atoms with E-state index in [9.17, 15) is 4.79 Å². The number of benzene rings is 1. The molecule has 0 amide bonds. The summed E-state index contributed by atoms with van der Waals surface area (Å²) in [6, 6.07) is 2.41. The quantitative estimate of drug-likeness (QED) is 0.728.